The second kappa shape index (κ2) is 8.27. The van der Waals surface area contributed by atoms with Gasteiger partial charge in [0.25, 0.3) is 0 Å². The van der Waals surface area contributed by atoms with E-state index in [9.17, 15) is 4.79 Å². The van der Waals surface area contributed by atoms with E-state index in [-0.39, 0.29) is 18.0 Å². The van der Waals surface area contributed by atoms with Crippen LogP contribution in [0.15, 0.2) is 75.0 Å². The molecule has 3 atom stereocenters. The quantitative estimate of drug-likeness (QED) is 0.675. The van der Waals surface area contributed by atoms with Crippen molar-refractivity contribution in [1.82, 2.24) is 5.01 Å². The molecule has 1 aromatic carbocycles. The van der Waals surface area contributed by atoms with Gasteiger partial charge in [0.2, 0.25) is 0 Å². The number of nitrogens with zero attached hydrogens (tertiary/aromatic N) is 2. The summed E-state index contributed by atoms with van der Waals surface area (Å²) in [6, 6.07) is 14.4. The van der Waals surface area contributed by atoms with Crippen molar-refractivity contribution < 1.29 is 18.5 Å². The Hall–Kier alpha value is -2.83. The minimum Gasteiger partial charge on any atom is -0.467 e. The summed E-state index contributed by atoms with van der Waals surface area (Å²) >= 11 is 6.01. The number of quaternary nitrogens is 1. The van der Waals surface area contributed by atoms with Gasteiger partial charge in [-0.15, -0.1) is 0 Å². The molecule has 4 rings (SSSR count). The average Bonchev–Trinajstić information content (AvgIpc) is 3.48. The normalized spacial score (nSPS) is 18.5. The standard InChI is InChI=1S/C22H22ClN3O3/c1-15(25(2)14-18-5-3-11-28-18)22(27)26-20(21-6-4-12-29-21)13-19(24-26)16-7-9-17(23)10-8-16/h3-12,15,20H,13-14H2,1-2H3/p+1/t15-,20-/m1/s1. The Morgan fingerprint density at radius 1 is 1.21 bits per heavy atom. The number of halogens is 1. The highest BCUT2D eigenvalue weighted by molar-refractivity contribution is 6.30. The molecule has 1 amide bonds. The Kier molecular flexibility index (Phi) is 5.56. The van der Waals surface area contributed by atoms with Crippen molar-refractivity contribution in [3.63, 3.8) is 0 Å². The third kappa shape index (κ3) is 4.13. The van der Waals surface area contributed by atoms with E-state index in [1.165, 1.54) is 0 Å². The molecule has 150 valence electrons. The van der Waals surface area contributed by atoms with Crippen LogP contribution in [-0.4, -0.2) is 29.7 Å². The second-order valence-electron chi connectivity index (χ2n) is 7.30. The van der Waals surface area contributed by atoms with Crippen LogP contribution in [0, 0.1) is 0 Å². The van der Waals surface area contributed by atoms with Crippen LogP contribution in [-0.2, 0) is 11.3 Å². The number of hydrazone groups is 1. The van der Waals surface area contributed by atoms with Crippen molar-refractivity contribution in [3.8, 4) is 0 Å². The van der Waals surface area contributed by atoms with E-state index >= 15 is 0 Å². The molecule has 1 unspecified atom stereocenters. The maximum Gasteiger partial charge on any atom is 0.301 e. The molecule has 0 spiro atoms. The molecular formula is C22H23ClN3O3+. The smallest absolute Gasteiger partial charge is 0.301 e. The van der Waals surface area contributed by atoms with Gasteiger partial charge in [0, 0.05) is 11.4 Å². The number of furan rings is 2. The van der Waals surface area contributed by atoms with E-state index in [4.69, 9.17) is 20.4 Å². The molecule has 3 heterocycles. The van der Waals surface area contributed by atoms with Crippen molar-refractivity contribution >= 4 is 23.2 Å². The summed E-state index contributed by atoms with van der Waals surface area (Å²) in [5, 5.41) is 6.92. The van der Waals surface area contributed by atoms with Crippen molar-refractivity contribution in [3.05, 3.63) is 83.2 Å². The van der Waals surface area contributed by atoms with Gasteiger partial charge in [-0.3, -0.25) is 4.79 Å². The minimum absolute atomic E-state index is 0.0561. The molecule has 3 aromatic rings. The Labute approximate surface area is 174 Å². The highest BCUT2D eigenvalue weighted by atomic mass is 35.5. The maximum atomic E-state index is 13.4. The number of nitrogens with one attached hydrogen (secondary N) is 1. The lowest BCUT2D eigenvalue weighted by Crippen LogP contribution is -3.12. The topological polar surface area (TPSA) is 63.4 Å². The summed E-state index contributed by atoms with van der Waals surface area (Å²) in [6.07, 6.45) is 3.85. The number of rotatable bonds is 6. The molecule has 29 heavy (non-hydrogen) atoms. The number of hydrogen-bond donors (Lipinski definition) is 1. The first kappa shape index (κ1) is 19.5. The van der Waals surface area contributed by atoms with Crippen molar-refractivity contribution in [2.45, 2.75) is 32.0 Å². The highest BCUT2D eigenvalue weighted by Crippen LogP contribution is 2.33. The zero-order valence-corrected chi connectivity index (χ0v) is 17.1. The Morgan fingerprint density at radius 3 is 2.59 bits per heavy atom. The lowest BCUT2D eigenvalue weighted by molar-refractivity contribution is -0.909. The number of carbonyl (C=O) groups is 1. The van der Waals surface area contributed by atoms with Gasteiger partial charge in [0.15, 0.2) is 11.8 Å². The average molecular weight is 413 g/mol. The lowest BCUT2D eigenvalue weighted by atomic mass is 10.0. The number of hydrogen-bond acceptors (Lipinski definition) is 4. The summed E-state index contributed by atoms with van der Waals surface area (Å²) in [7, 11) is 1.98. The molecule has 2 aromatic heterocycles. The monoisotopic (exact) mass is 412 g/mol. The largest absolute Gasteiger partial charge is 0.467 e. The zero-order chi connectivity index (χ0) is 20.4. The van der Waals surface area contributed by atoms with Crippen molar-refractivity contribution in [1.29, 1.82) is 0 Å². The third-order valence-corrected chi connectivity index (χ3v) is 5.58. The molecule has 1 aliphatic heterocycles. The summed E-state index contributed by atoms with van der Waals surface area (Å²) < 4.78 is 11.0. The van der Waals surface area contributed by atoms with E-state index in [1.54, 1.807) is 17.5 Å². The SMILES string of the molecule is C[C@H](C(=O)N1N=C(c2ccc(Cl)cc2)C[C@@H]1c1ccco1)[NH+](C)Cc1ccco1. The van der Waals surface area contributed by atoms with Crippen LogP contribution in [0.1, 0.15) is 36.5 Å². The van der Waals surface area contributed by atoms with Gasteiger partial charge >= 0.3 is 5.91 Å². The molecule has 0 aliphatic carbocycles. The van der Waals surface area contributed by atoms with Crippen LogP contribution < -0.4 is 4.90 Å². The molecule has 7 heteroatoms. The molecule has 0 radical (unpaired) electrons. The second-order valence-corrected chi connectivity index (χ2v) is 7.73. The Morgan fingerprint density at radius 2 is 1.93 bits per heavy atom. The first-order chi connectivity index (χ1) is 14.0. The predicted octanol–water partition coefficient (Wildman–Crippen LogP) is 3.31. The van der Waals surface area contributed by atoms with E-state index in [2.05, 4.69) is 5.10 Å². The van der Waals surface area contributed by atoms with Crippen molar-refractivity contribution in [2.75, 3.05) is 7.05 Å². The van der Waals surface area contributed by atoms with Crippen LogP contribution in [0.25, 0.3) is 0 Å². The first-order valence-electron chi connectivity index (χ1n) is 9.57. The summed E-state index contributed by atoms with van der Waals surface area (Å²) in [5.41, 5.74) is 1.79. The summed E-state index contributed by atoms with van der Waals surface area (Å²) in [5.74, 6) is 1.51. The fourth-order valence-corrected chi connectivity index (χ4v) is 3.61. The van der Waals surface area contributed by atoms with Crippen LogP contribution in [0.5, 0.6) is 0 Å². The number of benzene rings is 1. The van der Waals surface area contributed by atoms with Crippen LogP contribution >= 0.6 is 11.6 Å². The molecule has 0 saturated heterocycles. The molecule has 1 aliphatic rings. The number of likely N-dealkylation sites (N-methyl/N-ethyl adjacent to an activating group) is 1. The highest BCUT2D eigenvalue weighted by Gasteiger charge is 2.39. The summed E-state index contributed by atoms with van der Waals surface area (Å²) in [4.78, 5) is 14.4. The zero-order valence-electron chi connectivity index (χ0n) is 16.3. The number of carbonyl (C=O) groups excluding carboxylic acids is 1. The van der Waals surface area contributed by atoms with Gasteiger partial charge in [-0.25, -0.2) is 5.01 Å². The van der Waals surface area contributed by atoms with Crippen LogP contribution in [0.2, 0.25) is 5.02 Å². The fourth-order valence-electron chi connectivity index (χ4n) is 3.48. The van der Waals surface area contributed by atoms with Gasteiger partial charge in [-0.05, 0) is 48.9 Å². The molecule has 0 bridgehead atoms. The van der Waals surface area contributed by atoms with Gasteiger partial charge in [0.05, 0.1) is 25.3 Å². The van der Waals surface area contributed by atoms with Crippen LogP contribution in [0.3, 0.4) is 0 Å². The van der Waals surface area contributed by atoms with E-state index < -0.39 is 0 Å². The van der Waals surface area contributed by atoms with E-state index in [1.807, 2.05) is 62.5 Å². The molecular weight excluding hydrogens is 390 g/mol. The molecule has 0 saturated carbocycles. The fraction of sp³-hybridized carbons (Fsp3) is 0.273. The Balaban J connectivity index is 1.58. The first-order valence-corrected chi connectivity index (χ1v) is 9.95. The minimum atomic E-state index is -0.300. The molecule has 1 N–H and O–H groups in total. The molecule has 0 fully saturated rings. The van der Waals surface area contributed by atoms with Gasteiger partial charge < -0.3 is 13.7 Å². The van der Waals surface area contributed by atoms with Crippen LogP contribution in [0.4, 0.5) is 0 Å². The Bertz CT molecular complexity index is 981. The maximum absolute atomic E-state index is 13.4. The number of amides is 1. The predicted molar refractivity (Wildman–Crippen MR) is 110 cm³/mol. The molecule has 6 nitrogen and oxygen atoms in total. The van der Waals surface area contributed by atoms with Crippen molar-refractivity contribution in [2.24, 2.45) is 5.10 Å². The van der Waals surface area contributed by atoms with E-state index in [0.717, 1.165) is 27.7 Å². The van der Waals surface area contributed by atoms with Gasteiger partial charge in [-0.2, -0.15) is 5.10 Å². The third-order valence-electron chi connectivity index (χ3n) is 5.33. The lowest BCUT2D eigenvalue weighted by Gasteiger charge is -2.26. The van der Waals surface area contributed by atoms with E-state index in [0.29, 0.717) is 18.0 Å². The van der Waals surface area contributed by atoms with Gasteiger partial charge in [0.1, 0.15) is 18.3 Å². The van der Waals surface area contributed by atoms with Gasteiger partial charge in [-0.1, -0.05) is 23.7 Å². The summed E-state index contributed by atoms with van der Waals surface area (Å²) in [6.45, 7) is 2.53.